The van der Waals surface area contributed by atoms with E-state index >= 15 is 0 Å². The molecule has 3 aromatic rings. The summed E-state index contributed by atoms with van der Waals surface area (Å²) in [5.74, 6) is -2.19. The number of unbranched alkanes of at least 4 members (excludes halogenated alkanes) is 1. The molecular weight excluding hydrogens is 805 g/mol. The molecule has 0 bridgehead atoms. The van der Waals surface area contributed by atoms with Crippen molar-refractivity contribution in [2.45, 2.75) is 89.0 Å². The highest BCUT2D eigenvalue weighted by atomic mass is 19.4. The van der Waals surface area contributed by atoms with Crippen LogP contribution in [0.2, 0.25) is 0 Å². The number of hydrogen-bond donors (Lipinski definition) is 4. The number of aryl methyl sites for hydroxylation is 1. The molecule has 0 aliphatic heterocycles. The number of amides is 1. The fourth-order valence-corrected chi connectivity index (χ4v) is 6.61. The molecule has 1 aliphatic rings. The number of allylic oxidation sites excluding steroid dienone is 2. The lowest BCUT2D eigenvalue weighted by Crippen LogP contribution is -2.40. The molecule has 0 radical (unpaired) electrons. The van der Waals surface area contributed by atoms with Crippen molar-refractivity contribution in [2.24, 2.45) is 11.8 Å². The lowest BCUT2D eigenvalue weighted by atomic mass is 9.89. The van der Waals surface area contributed by atoms with Gasteiger partial charge in [0.15, 0.2) is 11.5 Å². The number of halogens is 3. The van der Waals surface area contributed by atoms with Crippen LogP contribution in [0.15, 0.2) is 97.1 Å². The van der Waals surface area contributed by atoms with Gasteiger partial charge in [-0.1, -0.05) is 60.7 Å². The number of benzene rings is 3. The zero-order valence-electron chi connectivity index (χ0n) is 33.5. The molecule has 17 heteroatoms. The molecule has 1 unspecified atom stereocenters. The second-order valence-electron chi connectivity index (χ2n) is 14.4. The van der Waals surface area contributed by atoms with E-state index in [1.54, 1.807) is 30.3 Å². The Bertz CT molecular complexity index is 2050. The predicted molar refractivity (Wildman–Crippen MR) is 215 cm³/mol. The van der Waals surface area contributed by atoms with Gasteiger partial charge in [0.25, 0.3) is 5.09 Å². The Kier molecular flexibility index (Phi) is 18.0. The Morgan fingerprint density at radius 3 is 2.48 bits per heavy atom. The van der Waals surface area contributed by atoms with E-state index in [4.69, 9.17) is 14.2 Å². The van der Waals surface area contributed by atoms with Crippen LogP contribution in [0, 0.1) is 22.0 Å². The van der Waals surface area contributed by atoms with Gasteiger partial charge in [-0.05, 0) is 98.0 Å². The Hall–Kier alpha value is -6.04. The number of rotatable bonds is 21. The maximum Gasteiger partial charge on any atom is 0.416 e. The molecule has 61 heavy (non-hydrogen) atoms. The SMILES string of the molecule is COc1cc(C=CC(=O)Oc2cccc(CO[N+](=O)[O-])c2)ccc1OC(=O)C(C)NC(=O)CCCC=CC[C@@H]1[C@@H](C=C[C@@H](O)CCc2cccc(C(F)(F)F)c2)[C@H](O)C[C@@H]1O. The maximum absolute atomic E-state index is 13.0. The fraction of sp³-hybridized carbons (Fsp3) is 0.386. The molecule has 4 rings (SSSR count). The predicted octanol–water partition coefficient (Wildman–Crippen LogP) is 6.48. The van der Waals surface area contributed by atoms with Crippen molar-refractivity contribution < 1.29 is 67.0 Å². The largest absolute Gasteiger partial charge is 0.493 e. The smallest absolute Gasteiger partial charge is 0.416 e. The van der Waals surface area contributed by atoms with Gasteiger partial charge in [0.1, 0.15) is 18.4 Å². The number of aliphatic hydroxyl groups is 3. The highest BCUT2D eigenvalue weighted by Gasteiger charge is 2.39. The summed E-state index contributed by atoms with van der Waals surface area (Å²) in [6, 6.07) is 14.6. The van der Waals surface area contributed by atoms with E-state index in [9.17, 15) is 53.0 Å². The van der Waals surface area contributed by atoms with Crippen molar-refractivity contribution in [3.63, 3.8) is 0 Å². The van der Waals surface area contributed by atoms with Gasteiger partial charge in [-0.2, -0.15) is 13.2 Å². The molecule has 3 aromatic carbocycles. The zero-order valence-corrected chi connectivity index (χ0v) is 33.5. The summed E-state index contributed by atoms with van der Waals surface area (Å²) in [5, 5.41) is 43.7. The number of carbonyl (C=O) groups is 3. The first-order chi connectivity index (χ1) is 29.0. The number of nitrogens with one attached hydrogen (secondary N) is 1. The average molecular weight is 855 g/mol. The average Bonchev–Trinajstić information content (AvgIpc) is 3.49. The number of alkyl halides is 3. The van der Waals surface area contributed by atoms with Gasteiger partial charge in [-0.3, -0.25) is 4.79 Å². The van der Waals surface area contributed by atoms with E-state index < -0.39 is 59.0 Å². The summed E-state index contributed by atoms with van der Waals surface area (Å²) < 4.78 is 55.1. The minimum Gasteiger partial charge on any atom is -0.493 e. The van der Waals surface area contributed by atoms with Crippen LogP contribution >= 0.6 is 0 Å². The second-order valence-corrected chi connectivity index (χ2v) is 14.4. The van der Waals surface area contributed by atoms with Crippen LogP contribution in [0.3, 0.4) is 0 Å². The van der Waals surface area contributed by atoms with Crippen molar-refractivity contribution in [3.8, 4) is 17.2 Å². The van der Waals surface area contributed by atoms with E-state index in [0.717, 1.165) is 18.2 Å². The normalized spacial score (nSPS) is 18.9. The number of carbonyl (C=O) groups excluding carboxylic acids is 3. The van der Waals surface area contributed by atoms with Crippen LogP contribution in [0.25, 0.3) is 6.08 Å². The molecule has 1 amide bonds. The standard InChI is InChI=1S/C44H49F3N2O12/c1-28(43(55)61-39-21-16-30(25-40(39)58-2)17-22-42(54)60-34-12-8-10-31(24-34)27-59-49(56)57)48-41(53)14-6-4-3-5-13-35-36(38(52)26-37(35)51)20-19-33(50)18-15-29-9-7-11-32(23-29)44(45,46)47/h3,5,7-12,16-17,19-25,28,33,35-38,50-52H,4,6,13-15,18,26-27H2,1-2H3,(H,48,53)/t28?,33-,35+,36+,37-,38+/m0/s1. The van der Waals surface area contributed by atoms with Crippen molar-refractivity contribution in [1.29, 1.82) is 0 Å². The lowest BCUT2D eigenvalue weighted by molar-refractivity contribution is -0.763. The van der Waals surface area contributed by atoms with E-state index in [2.05, 4.69) is 10.2 Å². The molecule has 0 spiro atoms. The molecule has 1 aliphatic carbocycles. The summed E-state index contributed by atoms with van der Waals surface area (Å²) in [4.78, 5) is 52.5. The number of aliphatic hydroxyl groups excluding tert-OH is 3. The Labute approximate surface area is 350 Å². The summed E-state index contributed by atoms with van der Waals surface area (Å²) in [5.41, 5.74) is 0.630. The van der Waals surface area contributed by atoms with Crippen LogP contribution in [0.1, 0.15) is 67.7 Å². The van der Waals surface area contributed by atoms with Gasteiger partial charge in [-0.15, -0.1) is 10.1 Å². The van der Waals surface area contributed by atoms with Gasteiger partial charge in [0.2, 0.25) is 5.91 Å². The molecular formula is C44H49F3N2O12. The van der Waals surface area contributed by atoms with Crippen LogP contribution in [0.5, 0.6) is 17.2 Å². The summed E-state index contributed by atoms with van der Waals surface area (Å²) in [6.07, 6.45) is 4.56. The molecule has 0 aromatic heterocycles. The van der Waals surface area contributed by atoms with E-state index in [0.29, 0.717) is 36.0 Å². The number of nitrogens with zero attached hydrogens (tertiary/aromatic N) is 1. The van der Waals surface area contributed by atoms with E-state index in [-0.39, 0.29) is 61.4 Å². The number of ether oxygens (including phenoxy) is 3. The third-order valence-corrected chi connectivity index (χ3v) is 9.80. The number of methoxy groups -OCH3 is 1. The lowest BCUT2D eigenvalue weighted by Gasteiger charge is -2.19. The van der Waals surface area contributed by atoms with Gasteiger partial charge in [-0.25, -0.2) is 9.59 Å². The minimum atomic E-state index is -4.46. The summed E-state index contributed by atoms with van der Waals surface area (Å²) in [7, 11) is 1.36. The number of hydrogen-bond acceptors (Lipinski definition) is 12. The maximum atomic E-state index is 13.0. The first-order valence-electron chi connectivity index (χ1n) is 19.5. The first kappa shape index (κ1) is 47.6. The summed E-state index contributed by atoms with van der Waals surface area (Å²) in [6.45, 7) is 1.17. The fourth-order valence-electron chi connectivity index (χ4n) is 6.61. The van der Waals surface area contributed by atoms with Gasteiger partial charge in [0, 0.05) is 24.8 Å². The van der Waals surface area contributed by atoms with E-state index in [1.807, 2.05) is 12.2 Å². The molecule has 0 saturated heterocycles. The quantitative estimate of drug-likeness (QED) is 0.0173. The third kappa shape index (κ3) is 15.8. The molecule has 0 heterocycles. The molecule has 1 fully saturated rings. The third-order valence-electron chi connectivity index (χ3n) is 9.80. The topological polar surface area (TPSA) is 204 Å². The van der Waals surface area contributed by atoms with Gasteiger partial charge >= 0.3 is 18.1 Å². The van der Waals surface area contributed by atoms with Crippen LogP contribution in [-0.4, -0.2) is 69.7 Å². The molecule has 4 N–H and O–H groups in total. The molecule has 328 valence electrons. The Morgan fingerprint density at radius 2 is 1.74 bits per heavy atom. The minimum absolute atomic E-state index is 0.0788. The van der Waals surface area contributed by atoms with Crippen molar-refractivity contribution in [2.75, 3.05) is 7.11 Å². The van der Waals surface area contributed by atoms with Crippen LogP contribution in [0.4, 0.5) is 13.2 Å². The molecule has 14 nitrogen and oxygen atoms in total. The Morgan fingerprint density at radius 1 is 0.984 bits per heavy atom. The Balaban J connectivity index is 1.17. The van der Waals surface area contributed by atoms with Crippen LogP contribution < -0.4 is 19.5 Å². The van der Waals surface area contributed by atoms with Crippen LogP contribution in [-0.2, 0) is 38.4 Å². The monoisotopic (exact) mass is 854 g/mol. The number of esters is 2. The van der Waals surface area contributed by atoms with Crippen molar-refractivity contribution in [1.82, 2.24) is 5.32 Å². The van der Waals surface area contributed by atoms with Crippen molar-refractivity contribution >= 4 is 23.9 Å². The zero-order chi connectivity index (χ0) is 44.5. The van der Waals surface area contributed by atoms with Gasteiger partial charge < -0.3 is 39.7 Å². The van der Waals surface area contributed by atoms with Gasteiger partial charge in [0.05, 0.1) is 31.0 Å². The molecule has 1 saturated carbocycles. The second kappa shape index (κ2) is 23.1. The first-order valence-corrected chi connectivity index (χ1v) is 19.5. The summed E-state index contributed by atoms with van der Waals surface area (Å²) >= 11 is 0. The van der Waals surface area contributed by atoms with Crippen molar-refractivity contribution in [3.05, 3.63) is 129 Å². The molecule has 6 atom stereocenters. The van der Waals surface area contributed by atoms with E-state index in [1.165, 1.54) is 56.5 Å². The highest BCUT2D eigenvalue weighted by Crippen LogP contribution is 2.37. The highest BCUT2D eigenvalue weighted by molar-refractivity contribution is 5.89.